The highest BCUT2D eigenvalue weighted by Gasteiger charge is 2.31. The molecule has 0 aromatic heterocycles. The smallest absolute Gasteiger partial charge is 0.216 e. The Morgan fingerprint density at radius 2 is 2.00 bits per heavy atom. The van der Waals surface area contributed by atoms with Gasteiger partial charge in [-0.1, -0.05) is 0 Å². The Morgan fingerprint density at radius 1 is 1.43 bits per heavy atom. The first kappa shape index (κ1) is 14.2. The number of hydrogen-bond acceptors (Lipinski definition) is 3. The average molecular weight is 243 g/mol. The van der Waals surface area contributed by atoms with Crippen molar-refractivity contribution < 1.29 is 8.42 Å². The van der Waals surface area contributed by atoms with Gasteiger partial charge in [-0.25, -0.2) is 8.42 Å². The maximum Gasteiger partial charge on any atom is 0.216 e. The van der Waals surface area contributed by atoms with Crippen LogP contribution in [0.2, 0.25) is 0 Å². The summed E-state index contributed by atoms with van der Waals surface area (Å²) in [4.78, 5) is 0. The Balaban J connectivity index is 0.00000169. The van der Waals surface area contributed by atoms with Gasteiger partial charge in [-0.3, -0.25) is 0 Å². The normalized spacial score (nSPS) is 24.7. The second-order valence-electron chi connectivity index (χ2n) is 3.76. The van der Waals surface area contributed by atoms with E-state index >= 15 is 0 Å². The minimum absolute atomic E-state index is 0. The zero-order valence-corrected chi connectivity index (χ0v) is 10.5. The summed E-state index contributed by atoms with van der Waals surface area (Å²) in [6.45, 7) is 7.50. The van der Waals surface area contributed by atoms with Gasteiger partial charge >= 0.3 is 0 Å². The monoisotopic (exact) mass is 242 g/mol. The zero-order chi connectivity index (χ0) is 10.1. The van der Waals surface area contributed by atoms with Crippen LogP contribution in [0.3, 0.4) is 0 Å². The minimum Gasteiger partial charge on any atom is -0.314 e. The number of hydrogen-bond donors (Lipinski definition) is 1. The molecular weight excluding hydrogens is 224 g/mol. The van der Waals surface area contributed by atoms with E-state index < -0.39 is 10.0 Å². The third kappa shape index (κ3) is 2.82. The molecule has 0 unspecified atom stereocenters. The maximum absolute atomic E-state index is 11.8. The van der Waals surface area contributed by atoms with Gasteiger partial charge in [-0.05, 0) is 20.8 Å². The van der Waals surface area contributed by atoms with Crippen LogP contribution in [0.4, 0.5) is 0 Å². The standard InChI is InChI=1S/C8H18N2O2S.ClH/c1-7(2)13(11,12)10-5-4-9-6-8(10)3;/h7-9H,4-6H2,1-3H3;1H/t8-;/m0./s1. The highest BCUT2D eigenvalue weighted by molar-refractivity contribution is 7.89. The highest BCUT2D eigenvalue weighted by atomic mass is 35.5. The molecule has 0 amide bonds. The van der Waals surface area contributed by atoms with Crippen LogP contribution < -0.4 is 5.32 Å². The number of nitrogens with zero attached hydrogens (tertiary/aromatic N) is 1. The summed E-state index contributed by atoms with van der Waals surface area (Å²) in [5.74, 6) is 0. The van der Waals surface area contributed by atoms with Crippen LogP contribution in [0.1, 0.15) is 20.8 Å². The van der Waals surface area contributed by atoms with Gasteiger partial charge in [-0.15, -0.1) is 12.4 Å². The highest BCUT2D eigenvalue weighted by Crippen LogP contribution is 2.13. The number of piperazine rings is 1. The number of halogens is 1. The predicted octanol–water partition coefficient (Wildman–Crippen LogP) is 0.440. The molecule has 1 heterocycles. The summed E-state index contributed by atoms with van der Waals surface area (Å²) in [5.41, 5.74) is 0. The van der Waals surface area contributed by atoms with E-state index in [0.29, 0.717) is 6.54 Å². The second-order valence-corrected chi connectivity index (χ2v) is 6.20. The van der Waals surface area contributed by atoms with Crippen LogP contribution in [-0.2, 0) is 10.0 Å². The fraction of sp³-hybridized carbons (Fsp3) is 1.00. The SMILES string of the molecule is CC(C)S(=O)(=O)N1CCNC[C@@H]1C.Cl. The van der Waals surface area contributed by atoms with Crippen molar-refractivity contribution in [2.75, 3.05) is 19.6 Å². The first-order chi connectivity index (χ1) is 5.96. The van der Waals surface area contributed by atoms with Crippen molar-refractivity contribution in [3.05, 3.63) is 0 Å². The Hall–Kier alpha value is 0.160. The van der Waals surface area contributed by atoms with Crippen LogP contribution >= 0.6 is 12.4 Å². The quantitative estimate of drug-likeness (QED) is 0.765. The van der Waals surface area contributed by atoms with Crippen LogP contribution in [0.15, 0.2) is 0 Å². The second kappa shape index (κ2) is 5.30. The average Bonchev–Trinajstić information content (AvgIpc) is 2.04. The molecule has 0 saturated carbocycles. The molecule has 1 fully saturated rings. The van der Waals surface area contributed by atoms with Crippen LogP contribution in [-0.4, -0.2) is 43.6 Å². The number of rotatable bonds is 2. The van der Waals surface area contributed by atoms with Gasteiger partial charge in [0.05, 0.1) is 5.25 Å². The first-order valence-electron chi connectivity index (χ1n) is 4.67. The van der Waals surface area contributed by atoms with E-state index in [1.54, 1.807) is 18.2 Å². The minimum atomic E-state index is -3.06. The summed E-state index contributed by atoms with van der Waals surface area (Å²) in [6, 6.07) is 0.0844. The van der Waals surface area contributed by atoms with E-state index in [1.165, 1.54) is 0 Å². The number of nitrogens with one attached hydrogen (secondary N) is 1. The molecule has 0 bridgehead atoms. The lowest BCUT2D eigenvalue weighted by atomic mass is 10.3. The van der Waals surface area contributed by atoms with Crippen LogP contribution in [0.25, 0.3) is 0 Å². The van der Waals surface area contributed by atoms with Gasteiger partial charge in [0.1, 0.15) is 0 Å². The molecule has 1 rings (SSSR count). The molecule has 1 N–H and O–H groups in total. The Labute approximate surface area is 92.5 Å². The van der Waals surface area contributed by atoms with E-state index in [9.17, 15) is 8.42 Å². The Kier molecular flexibility index (Phi) is 5.36. The van der Waals surface area contributed by atoms with Gasteiger partial charge in [0.15, 0.2) is 0 Å². The summed E-state index contributed by atoms with van der Waals surface area (Å²) in [6.07, 6.45) is 0. The fourth-order valence-corrected chi connectivity index (χ4v) is 2.93. The third-order valence-corrected chi connectivity index (χ3v) is 4.75. The Morgan fingerprint density at radius 3 is 2.43 bits per heavy atom. The van der Waals surface area contributed by atoms with Gasteiger partial charge in [0, 0.05) is 25.7 Å². The molecule has 1 aliphatic heterocycles. The zero-order valence-electron chi connectivity index (χ0n) is 8.86. The molecule has 14 heavy (non-hydrogen) atoms. The first-order valence-corrected chi connectivity index (χ1v) is 6.18. The molecule has 0 spiro atoms. The largest absolute Gasteiger partial charge is 0.314 e. The van der Waals surface area contributed by atoms with Crippen molar-refractivity contribution in [1.29, 1.82) is 0 Å². The number of sulfonamides is 1. The molecule has 0 aromatic carbocycles. The molecule has 6 heteroatoms. The van der Waals surface area contributed by atoms with Crippen molar-refractivity contribution in [2.24, 2.45) is 0 Å². The molecule has 0 aliphatic carbocycles. The summed E-state index contributed by atoms with van der Waals surface area (Å²) in [7, 11) is -3.06. The van der Waals surface area contributed by atoms with Crippen molar-refractivity contribution in [3.63, 3.8) is 0 Å². The van der Waals surface area contributed by atoms with Gasteiger partial charge in [-0.2, -0.15) is 4.31 Å². The molecule has 4 nitrogen and oxygen atoms in total. The van der Waals surface area contributed by atoms with Crippen LogP contribution in [0, 0.1) is 0 Å². The lowest BCUT2D eigenvalue weighted by Gasteiger charge is -2.34. The predicted molar refractivity (Wildman–Crippen MR) is 60.3 cm³/mol. The lowest BCUT2D eigenvalue weighted by Crippen LogP contribution is -2.53. The van der Waals surface area contributed by atoms with Gasteiger partial charge in [0.25, 0.3) is 0 Å². The lowest BCUT2D eigenvalue weighted by molar-refractivity contribution is 0.282. The van der Waals surface area contributed by atoms with Crippen molar-refractivity contribution in [1.82, 2.24) is 9.62 Å². The van der Waals surface area contributed by atoms with Gasteiger partial charge in [0.2, 0.25) is 10.0 Å². The van der Waals surface area contributed by atoms with Crippen molar-refractivity contribution in [2.45, 2.75) is 32.1 Å². The Bertz CT molecular complexity index is 267. The molecule has 1 aliphatic rings. The van der Waals surface area contributed by atoms with Crippen LogP contribution in [0.5, 0.6) is 0 Å². The van der Waals surface area contributed by atoms with Crippen molar-refractivity contribution in [3.8, 4) is 0 Å². The third-order valence-electron chi connectivity index (χ3n) is 2.36. The summed E-state index contributed by atoms with van der Waals surface area (Å²) < 4.78 is 25.2. The van der Waals surface area contributed by atoms with E-state index in [2.05, 4.69) is 5.32 Å². The molecule has 0 radical (unpaired) electrons. The van der Waals surface area contributed by atoms with E-state index in [-0.39, 0.29) is 23.7 Å². The maximum atomic E-state index is 11.8. The molecule has 1 saturated heterocycles. The van der Waals surface area contributed by atoms with E-state index in [0.717, 1.165) is 13.1 Å². The van der Waals surface area contributed by atoms with E-state index in [1.807, 2.05) is 6.92 Å². The van der Waals surface area contributed by atoms with E-state index in [4.69, 9.17) is 0 Å². The topological polar surface area (TPSA) is 49.4 Å². The molecule has 86 valence electrons. The molecule has 0 aromatic rings. The van der Waals surface area contributed by atoms with Gasteiger partial charge < -0.3 is 5.32 Å². The fourth-order valence-electron chi connectivity index (χ4n) is 1.47. The summed E-state index contributed by atoms with van der Waals surface area (Å²) >= 11 is 0. The summed E-state index contributed by atoms with van der Waals surface area (Å²) in [5, 5.41) is 2.86. The van der Waals surface area contributed by atoms with Crippen molar-refractivity contribution >= 4 is 22.4 Å². The molecular formula is C8H19ClN2O2S. The molecule has 1 atom stereocenters.